The Bertz CT molecular complexity index is 663. The predicted molar refractivity (Wildman–Crippen MR) is 96.8 cm³/mol. The van der Waals surface area contributed by atoms with Crippen LogP contribution in [-0.2, 0) is 9.53 Å². The highest BCUT2D eigenvalue weighted by atomic mass is 35.5. The van der Waals surface area contributed by atoms with Crippen LogP contribution in [0.25, 0.3) is 0 Å². The summed E-state index contributed by atoms with van der Waals surface area (Å²) in [6.07, 6.45) is 2.22. The Kier molecular flexibility index (Phi) is 6.21. The fraction of sp³-hybridized carbons (Fsp3) is 0.556. The lowest BCUT2D eigenvalue weighted by Crippen LogP contribution is -2.44. The van der Waals surface area contributed by atoms with Crippen LogP contribution in [0.1, 0.15) is 19.3 Å². The number of hydrogen-bond acceptors (Lipinski definition) is 4. The summed E-state index contributed by atoms with van der Waals surface area (Å²) >= 11 is 6.06. The largest absolute Gasteiger partial charge is 0.491 e. The number of hydrogen-bond donors (Lipinski definition) is 2. The van der Waals surface area contributed by atoms with Gasteiger partial charge in [0.05, 0.1) is 24.8 Å². The summed E-state index contributed by atoms with van der Waals surface area (Å²) in [5, 5.41) is 12.5. The van der Waals surface area contributed by atoms with Gasteiger partial charge >= 0.3 is 12.0 Å². The molecule has 0 spiro atoms. The van der Waals surface area contributed by atoms with E-state index in [9.17, 15) is 14.7 Å². The van der Waals surface area contributed by atoms with Gasteiger partial charge in [0.15, 0.2) is 0 Å². The van der Waals surface area contributed by atoms with Crippen molar-refractivity contribution >= 4 is 29.3 Å². The Labute approximate surface area is 157 Å². The van der Waals surface area contributed by atoms with Gasteiger partial charge in [-0.05, 0) is 37.5 Å². The molecule has 2 saturated heterocycles. The third-order valence-corrected chi connectivity index (χ3v) is 4.97. The van der Waals surface area contributed by atoms with Crippen molar-refractivity contribution in [2.24, 2.45) is 11.8 Å². The Balaban J connectivity index is 1.64. The number of carbonyl (C=O) groups is 2. The van der Waals surface area contributed by atoms with Gasteiger partial charge < -0.3 is 24.8 Å². The smallest absolute Gasteiger partial charge is 0.321 e. The molecule has 0 bridgehead atoms. The molecule has 26 heavy (non-hydrogen) atoms. The third kappa shape index (κ3) is 4.80. The molecule has 0 radical (unpaired) electrons. The molecule has 7 nitrogen and oxygen atoms in total. The number of benzene rings is 1. The van der Waals surface area contributed by atoms with E-state index in [0.29, 0.717) is 55.0 Å². The Hall–Kier alpha value is -1.99. The molecule has 2 unspecified atom stereocenters. The van der Waals surface area contributed by atoms with E-state index in [1.807, 2.05) is 0 Å². The van der Waals surface area contributed by atoms with Gasteiger partial charge in [-0.1, -0.05) is 11.6 Å². The molecule has 2 atom stereocenters. The first-order valence-corrected chi connectivity index (χ1v) is 9.19. The quantitative estimate of drug-likeness (QED) is 0.817. The zero-order valence-electron chi connectivity index (χ0n) is 14.4. The van der Waals surface area contributed by atoms with E-state index in [1.54, 1.807) is 18.2 Å². The van der Waals surface area contributed by atoms with Crippen LogP contribution >= 0.6 is 11.6 Å². The van der Waals surface area contributed by atoms with Gasteiger partial charge in [0.1, 0.15) is 5.75 Å². The Morgan fingerprint density at radius 3 is 2.96 bits per heavy atom. The number of likely N-dealkylation sites (tertiary alicyclic amines) is 1. The first-order valence-electron chi connectivity index (χ1n) is 8.81. The number of carboxylic acids is 1. The number of anilines is 1. The van der Waals surface area contributed by atoms with E-state index in [0.717, 1.165) is 13.0 Å². The molecule has 2 aliphatic rings. The van der Waals surface area contributed by atoms with Gasteiger partial charge in [0, 0.05) is 30.6 Å². The molecule has 1 aromatic carbocycles. The van der Waals surface area contributed by atoms with E-state index in [-0.39, 0.29) is 12.6 Å². The number of ether oxygens (including phenoxy) is 2. The van der Waals surface area contributed by atoms with Crippen LogP contribution in [0.5, 0.6) is 5.75 Å². The molecule has 1 aromatic rings. The van der Waals surface area contributed by atoms with Gasteiger partial charge in [0.25, 0.3) is 0 Å². The molecule has 0 saturated carbocycles. The number of aliphatic carboxylic acids is 1. The van der Waals surface area contributed by atoms with Crippen molar-refractivity contribution in [2.45, 2.75) is 19.3 Å². The van der Waals surface area contributed by atoms with Crippen molar-refractivity contribution in [3.63, 3.8) is 0 Å². The zero-order valence-corrected chi connectivity index (χ0v) is 15.2. The molecular weight excluding hydrogens is 360 g/mol. The van der Waals surface area contributed by atoms with Gasteiger partial charge in [0.2, 0.25) is 0 Å². The van der Waals surface area contributed by atoms with Crippen LogP contribution < -0.4 is 10.1 Å². The van der Waals surface area contributed by atoms with Gasteiger partial charge in [-0.2, -0.15) is 0 Å². The fourth-order valence-electron chi connectivity index (χ4n) is 3.21. The SMILES string of the molecule is O=C(O)C1CCCN(C(=O)Nc2cc(Cl)ccc2OCC2CCOC2)C1. The lowest BCUT2D eigenvalue weighted by molar-refractivity contribution is -0.143. The lowest BCUT2D eigenvalue weighted by atomic mass is 9.99. The number of carbonyl (C=O) groups excluding carboxylic acids is 1. The molecule has 8 heteroatoms. The molecule has 2 N–H and O–H groups in total. The zero-order chi connectivity index (χ0) is 18.5. The minimum Gasteiger partial charge on any atom is -0.491 e. The molecule has 3 rings (SSSR count). The summed E-state index contributed by atoms with van der Waals surface area (Å²) in [6.45, 7) is 2.68. The number of nitrogens with zero attached hydrogens (tertiary/aromatic N) is 1. The van der Waals surface area contributed by atoms with Crippen LogP contribution in [0.2, 0.25) is 5.02 Å². The van der Waals surface area contributed by atoms with E-state index < -0.39 is 11.9 Å². The van der Waals surface area contributed by atoms with Crippen LogP contribution in [0.4, 0.5) is 10.5 Å². The summed E-state index contributed by atoms with van der Waals surface area (Å²) in [5.41, 5.74) is 0.485. The standard InChI is InChI=1S/C18H23ClN2O5/c19-14-3-4-16(26-11-12-5-7-25-10-12)15(8-14)20-18(24)21-6-1-2-13(9-21)17(22)23/h3-4,8,12-13H,1-2,5-7,9-11H2,(H,20,24)(H,22,23). The van der Waals surface area contributed by atoms with Crippen LogP contribution in [0.3, 0.4) is 0 Å². The molecule has 0 aliphatic carbocycles. The van der Waals surface area contributed by atoms with Crippen molar-refractivity contribution < 1.29 is 24.2 Å². The summed E-state index contributed by atoms with van der Waals surface area (Å²) in [7, 11) is 0. The van der Waals surface area contributed by atoms with Crippen LogP contribution in [0, 0.1) is 11.8 Å². The Morgan fingerprint density at radius 2 is 2.23 bits per heavy atom. The van der Waals surface area contributed by atoms with E-state index >= 15 is 0 Å². The maximum absolute atomic E-state index is 12.6. The van der Waals surface area contributed by atoms with Crippen LogP contribution in [0.15, 0.2) is 18.2 Å². The average molecular weight is 383 g/mol. The highest BCUT2D eigenvalue weighted by molar-refractivity contribution is 6.31. The minimum absolute atomic E-state index is 0.206. The topological polar surface area (TPSA) is 88.1 Å². The molecular formula is C18H23ClN2O5. The number of carboxylic acid groups (broad SMARTS) is 1. The van der Waals surface area contributed by atoms with Crippen LogP contribution in [-0.4, -0.2) is 54.9 Å². The summed E-state index contributed by atoms with van der Waals surface area (Å²) in [6, 6.07) is 4.73. The monoisotopic (exact) mass is 382 g/mol. The molecule has 2 fully saturated rings. The Morgan fingerprint density at radius 1 is 1.38 bits per heavy atom. The second kappa shape index (κ2) is 8.60. The summed E-state index contributed by atoms with van der Waals surface area (Å²) in [5.74, 6) is -0.505. The number of rotatable bonds is 5. The second-order valence-electron chi connectivity index (χ2n) is 6.73. The number of piperidine rings is 1. The predicted octanol–water partition coefficient (Wildman–Crippen LogP) is 3.08. The highest BCUT2D eigenvalue weighted by Gasteiger charge is 2.28. The van der Waals surface area contributed by atoms with Crippen molar-refractivity contribution in [3.8, 4) is 5.75 Å². The molecule has 142 valence electrons. The number of nitrogens with one attached hydrogen (secondary N) is 1. The van der Waals surface area contributed by atoms with E-state index in [1.165, 1.54) is 4.90 Å². The number of halogens is 1. The lowest BCUT2D eigenvalue weighted by Gasteiger charge is -2.31. The van der Waals surface area contributed by atoms with Gasteiger partial charge in [-0.3, -0.25) is 4.79 Å². The maximum Gasteiger partial charge on any atom is 0.321 e. The summed E-state index contributed by atoms with van der Waals surface area (Å²) in [4.78, 5) is 25.3. The number of amides is 2. The van der Waals surface area contributed by atoms with E-state index in [4.69, 9.17) is 21.1 Å². The van der Waals surface area contributed by atoms with E-state index in [2.05, 4.69) is 5.32 Å². The normalized spacial score (nSPS) is 22.9. The molecule has 2 heterocycles. The number of urea groups is 1. The first-order chi connectivity index (χ1) is 12.5. The first kappa shape index (κ1) is 18.8. The summed E-state index contributed by atoms with van der Waals surface area (Å²) < 4.78 is 11.2. The fourth-order valence-corrected chi connectivity index (χ4v) is 3.38. The third-order valence-electron chi connectivity index (χ3n) is 4.74. The van der Waals surface area contributed by atoms with Gasteiger partial charge in [-0.15, -0.1) is 0 Å². The minimum atomic E-state index is -0.868. The highest BCUT2D eigenvalue weighted by Crippen LogP contribution is 2.30. The maximum atomic E-state index is 12.6. The molecule has 2 aliphatic heterocycles. The molecule has 0 aromatic heterocycles. The van der Waals surface area contributed by atoms with Crippen molar-refractivity contribution in [1.29, 1.82) is 0 Å². The van der Waals surface area contributed by atoms with Crippen molar-refractivity contribution in [2.75, 3.05) is 38.2 Å². The average Bonchev–Trinajstić information content (AvgIpc) is 3.14. The van der Waals surface area contributed by atoms with Crippen molar-refractivity contribution in [3.05, 3.63) is 23.2 Å². The second-order valence-corrected chi connectivity index (χ2v) is 7.17. The van der Waals surface area contributed by atoms with Crippen molar-refractivity contribution in [1.82, 2.24) is 4.90 Å². The molecule has 2 amide bonds. The van der Waals surface area contributed by atoms with Gasteiger partial charge in [-0.25, -0.2) is 4.79 Å².